The number of nitrogens with zero attached hydrogens (tertiary/aromatic N) is 1. The second-order valence-corrected chi connectivity index (χ2v) is 4.03. The zero-order valence-corrected chi connectivity index (χ0v) is 10.4. The molecule has 0 unspecified atom stereocenters. The molecule has 0 saturated heterocycles. The summed E-state index contributed by atoms with van der Waals surface area (Å²) in [6, 6.07) is 4.11. The Labute approximate surface area is 101 Å². The number of amides is 1. The molecule has 1 rings (SSSR count). The van der Waals surface area contributed by atoms with E-state index in [1.54, 1.807) is 4.90 Å². The fraction of sp³-hybridized carbons (Fsp3) is 0.462. The molecule has 4 heteroatoms. The quantitative estimate of drug-likeness (QED) is 0.802. The van der Waals surface area contributed by atoms with Gasteiger partial charge in [-0.05, 0) is 31.0 Å². The molecule has 1 aromatic rings. The normalized spacial score (nSPS) is 10.3. The predicted octanol–water partition coefficient (Wildman–Crippen LogP) is 2.67. The second-order valence-electron chi connectivity index (χ2n) is 4.03. The third kappa shape index (κ3) is 3.44. The largest absolute Gasteiger partial charge is 0.396 e. The van der Waals surface area contributed by atoms with Crippen LogP contribution in [-0.2, 0) is 0 Å². The molecule has 0 heterocycles. The Hall–Kier alpha value is -1.58. The van der Waals surface area contributed by atoms with Crippen LogP contribution in [0.5, 0.6) is 0 Å². The number of nitrogens with two attached hydrogens (primary N) is 1. The van der Waals surface area contributed by atoms with E-state index in [1.165, 1.54) is 18.2 Å². The summed E-state index contributed by atoms with van der Waals surface area (Å²) in [7, 11) is 0. The van der Waals surface area contributed by atoms with Crippen molar-refractivity contribution < 1.29 is 9.18 Å². The summed E-state index contributed by atoms with van der Waals surface area (Å²) in [6.07, 6.45) is 1.81. The van der Waals surface area contributed by atoms with Crippen molar-refractivity contribution in [1.29, 1.82) is 0 Å². The van der Waals surface area contributed by atoms with Crippen LogP contribution in [0.2, 0.25) is 0 Å². The van der Waals surface area contributed by atoms with Gasteiger partial charge in [-0.3, -0.25) is 4.79 Å². The van der Waals surface area contributed by atoms with Gasteiger partial charge in [0.25, 0.3) is 5.91 Å². The monoisotopic (exact) mass is 238 g/mol. The Kier molecular flexibility index (Phi) is 4.94. The van der Waals surface area contributed by atoms with Crippen LogP contribution in [-0.4, -0.2) is 23.9 Å². The highest BCUT2D eigenvalue weighted by molar-refractivity contribution is 5.95. The van der Waals surface area contributed by atoms with Gasteiger partial charge in [-0.25, -0.2) is 4.39 Å². The molecule has 1 amide bonds. The smallest absolute Gasteiger partial charge is 0.253 e. The molecule has 3 nitrogen and oxygen atoms in total. The summed E-state index contributed by atoms with van der Waals surface area (Å²) in [4.78, 5) is 13.9. The summed E-state index contributed by atoms with van der Waals surface area (Å²) in [5, 5.41) is 0. The number of carbonyl (C=O) groups excluding carboxylic acids is 1. The molecule has 0 aliphatic heterocycles. The zero-order chi connectivity index (χ0) is 12.8. The maximum atomic E-state index is 13.0. The van der Waals surface area contributed by atoms with Gasteiger partial charge in [0.05, 0.1) is 5.69 Å². The highest BCUT2D eigenvalue weighted by atomic mass is 19.1. The average molecular weight is 238 g/mol. The summed E-state index contributed by atoms with van der Waals surface area (Å²) in [5.41, 5.74) is 5.93. The van der Waals surface area contributed by atoms with Crippen LogP contribution in [0, 0.1) is 5.82 Å². The lowest BCUT2D eigenvalue weighted by molar-refractivity contribution is 0.0755. The number of benzene rings is 1. The van der Waals surface area contributed by atoms with Gasteiger partial charge in [0, 0.05) is 18.7 Å². The number of halogens is 1. The van der Waals surface area contributed by atoms with Crippen molar-refractivity contribution in [2.45, 2.75) is 26.7 Å². The van der Waals surface area contributed by atoms with Crippen LogP contribution in [0.15, 0.2) is 18.2 Å². The van der Waals surface area contributed by atoms with Crippen molar-refractivity contribution in [2.75, 3.05) is 18.8 Å². The first kappa shape index (κ1) is 13.5. The van der Waals surface area contributed by atoms with Crippen molar-refractivity contribution in [3.05, 3.63) is 29.6 Å². The van der Waals surface area contributed by atoms with Crippen molar-refractivity contribution in [3.8, 4) is 0 Å². The van der Waals surface area contributed by atoms with E-state index in [9.17, 15) is 9.18 Å². The average Bonchev–Trinajstić information content (AvgIpc) is 2.31. The molecule has 0 aromatic heterocycles. The molecular weight excluding hydrogens is 219 g/mol. The maximum absolute atomic E-state index is 13.0. The van der Waals surface area contributed by atoms with E-state index in [2.05, 4.69) is 0 Å². The number of hydrogen-bond acceptors (Lipinski definition) is 2. The molecule has 0 bridgehead atoms. The van der Waals surface area contributed by atoms with Gasteiger partial charge < -0.3 is 10.6 Å². The Bertz CT molecular complexity index is 387. The van der Waals surface area contributed by atoms with Crippen molar-refractivity contribution in [1.82, 2.24) is 4.90 Å². The van der Waals surface area contributed by atoms with E-state index < -0.39 is 5.82 Å². The van der Waals surface area contributed by atoms with E-state index in [-0.39, 0.29) is 11.6 Å². The van der Waals surface area contributed by atoms with Gasteiger partial charge in [0.1, 0.15) is 5.82 Å². The minimum atomic E-state index is -0.487. The molecule has 0 radical (unpaired) electrons. The number of rotatable bonds is 5. The summed E-state index contributed by atoms with van der Waals surface area (Å²) < 4.78 is 13.0. The molecule has 0 atom stereocenters. The second kappa shape index (κ2) is 6.23. The molecular formula is C13H19FN2O. The Morgan fingerprint density at radius 2 is 1.88 bits per heavy atom. The molecule has 17 heavy (non-hydrogen) atoms. The third-order valence-corrected chi connectivity index (χ3v) is 2.52. The summed E-state index contributed by atoms with van der Waals surface area (Å²) in [5.74, 6) is -0.570. The summed E-state index contributed by atoms with van der Waals surface area (Å²) in [6.45, 7) is 5.47. The molecule has 2 N–H and O–H groups in total. The van der Waals surface area contributed by atoms with E-state index in [1.807, 2.05) is 13.8 Å². The first-order valence-corrected chi connectivity index (χ1v) is 5.94. The van der Waals surface area contributed by atoms with Crippen molar-refractivity contribution in [3.63, 3.8) is 0 Å². The minimum absolute atomic E-state index is 0.0174. The third-order valence-electron chi connectivity index (χ3n) is 2.52. The maximum Gasteiger partial charge on any atom is 0.253 e. The topological polar surface area (TPSA) is 46.3 Å². The number of nitrogen functional groups attached to an aromatic ring is 1. The zero-order valence-electron chi connectivity index (χ0n) is 10.4. The predicted molar refractivity (Wildman–Crippen MR) is 67.3 cm³/mol. The SMILES string of the molecule is CCCN(CCC)C(=O)c1ccc(F)c(N)c1. The Morgan fingerprint density at radius 1 is 1.29 bits per heavy atom. The van der Waals surface area contributed by atoms with E-state index in [0.29, 0.717) is 18.7 Å². The lowest BCUT2D eigenvalue weighted by Gasteiger charge is -2.21. The summed E-state index contributed by atoms with van der Waals surface area (Å²) >= 11 is 0. The molecule has 0 aliphatic rings. The van der Waals surface area contributed by atoms with Gasteiger partial charge in [0.2, 0.25) is 0 Å². The fourth-order valence-corrected chi connectivity index (χ4v) is 1.71. The van der Waals surface area contributed by atoms with Crippen LogP contribution in [0.4, 0.5) is 10.1 Å². The molecule has 0 aliphatic carbocycles. The molecule has 0 spiro atoms. The van der Waals surface area contributed by atoms with E-state index >= 15 is 0 Å². The van der Waals surface area contributed by atoms with Crippen LogP contribution in [0.3, 0.4) is 0 Å². The van der Waals surface area contributed by atoms with Crippen LogP contribution >= 0.6 is 0 Å². The number of carbonyl (C=O) groups is 1. The lowest BCUT2D eigenvalue weighted by Crippen LogP contribution is -2.32. The van der Waals surface area contributed by atoms with Gasteiger partial charge >= 0.3 is 0 Å². The van der Waals surface area contributed by atoms with Crippen LogP contribution in [0.25, 0.3) is 0 Å². The van der Waals surface area contributed by atoms with Gasteiger partial charge in [-0.2, -0.15) is 0 Å². The first-order chi connectivity index (χ1) is 8.10. The van der Waals surface area contributed by atoms with Gasteiger partial charge in [0.15, 0.2) is 0 Å². The molecule has 94 valence electrons. The van der Waals surface area contributed by atoms with Crippen molar-refractivity contribution in [2.24, 2.45) is 0 Å². The van der Waals surface area contributed by atoms with Gasteiger partial charge in [-0.15, -0.1) is 0 Å². The highest BCUT2D eigenvalue weighted by Crippen LogP contribution is 2.14. The number of hydrogen-bond donors (Lipinski definition) is 1. The van der Waals surface area contributed by atoms with Crippen LogP contribution < -0.4 is 5.73 Å². The molecule has 0 saturated carbocycles. The van der Waals surface area contributed by atoms with Gasteiger partial charge in [-0.1, -0.05) is 13.8 Å². The number of anilines is 1. The van der Waals surface area contributed by atoms with E-state index in [4.69, 9.17) is 5.73 Å². The van der Waals surface area contributed by atoms with Crippen LogP contribution in [0.1, 0.15) is 37.0 Å². The first-order valence-electron chi connectivity index (χ1n) is 5.94. The Balaban J connectivity index is 2.88. The molecule has 0 fully saturated rings. The Morgan fingerprint density at radius 3 is 2.35 bits per heavy atom. The fourth-order valence-electron chi connectivity index (χ4n) is 1.71. The highest BCUT2D eigenvalue weighted by Gasteiger charge is 2.15. The van der Waals surface area contributed by atoms with Crippen molar-refractivity contribution >= 4 is 11.6 Å². The standard InChI is InChI=1S/C13H19FN2O/c1-3-7-16(8-4-2)13(17)10-5-6-11(14)12(15)9-10/h5-6,9H,3-4,7-8,15H2,1-2H3. The molecule has 1 aromatic carbocycles. The lowest BCUT2D eigenvalue weighted by atomic mass is 10.1. The minimum Gasteiger partial charge on any atom is -0.396 e. The van der Waals surface area contributed by atoms with E-state index in [0.717, 1.165) is 12.8 Å².